The molecule has 24 heavy (non-hydrogen) atoms. The van der Waals surface area contributed by atoms with Gasteiger partial charge in [0.2, 0.25) is 11.8 Å². The smallest absolute Gasteiger partial charge is 0.244 e. The largest absolute Gasteiger partial charge is 0.324 e. The summed E-state index contributed by atoms with van der Waals surface area (Å²) in [5.74, 6) is -0.351. The molecule has 1 heterocycles. The topological polar surface area (TPSA) is 49.4 Å². The number of fused-ring (bicyclic) bond motifs is 1. The number of nitrogens with one attached hydrogen (secondary N) is 1. The van der Waals surface area contributed by atoms with Crippen LogP contribution in [0.25, 0.3) is 0 Å². The highest BCUT2D eigenvalue weighted by molar-refractivity contribution is 5.97. The van der Waals surface area contributed by atoms with E-state index in [1.54, 1.807) is 4.90 Å². The molecule has 2 aromatic carbocycles. The van der Waals surface area contributed by atoms with Gasteiger partial charge in [0.15, 0.2) is 0 Å². The number of aryl methyl sites for hydroxylation is 1. The van der Waals surface area contributed by atoms with Gasteiger partial charge in [-0.15, -0.1) is 0 Å². The molecule has 3 rings (SSSR count). The van der Waals surface area contributed by atoms with E-state index in [0.717, 1.165) is 22.4 Å². The van der Waals surface area contributed by atoms with Gasteiger partial charge in [-0.1, -0.05) is 61.9 Å². The summed E-state index contributed by atoms with van der Waals surface area (Å²) in [5, 5.41) is 2.94. The molecule has 1 atom stereocenters. The lowest BCUT2D eigenvalue weighted by molar-refractivity contribution is -0.139. The Morgan fingerprint density at radius 2 is 1.88 bits per heavy atom. The normalized spacial score (nSPS) is 17.2. The highest BCUT2D eigenvalue weighted by atomic mass is 16.2. The molecule has 0 spiro atoms. The van der Waals surface area contributed by atoms with Crippen LogP contribution < -0.4 is 5.32 Å². The number of anilines is 1. The van der Waals surface area contributed by atoms with Gasteiger partial charge in [-0.3, -0.25) is 9.59 Å². The molecule has 0 bridgehead atoms. The van der Waals surface area contributed by atoms with Crippen molar-refractivity contribution in [3.05, 3.63) is 65.2 Å². The highest BCUT2D eigenvalue weighted by Gasteiger charge is 2.34. The summed E-state index contributed by atoms with van der Waals surface area (Å²) < 4.78 is 0. The van der Waals surface area contributed by atoms with Gasteiger partial charge in [0.25, 0.3) is 0 Å². The van der Waals surface area contributed by atoms with E-state index < -0.39 is 0 Å². The molecule has 0 unspecified atom stereocenters. The standard InChI is InChI=1S/C20H22N2O2/c1-13(2)20(24)22-12-18(23)21-17-10-9-14(3)11-16(17)19(22)15-7-5-4-6-8-15/h4-11,13,19H,12H2,1-3H3,(H,21,23)/t19-/m0/s1. The van der Waals surface area contributed by atoms with Gasteiger partial charge >= 0.3 is 0 Å². The van der Waals surface area contributed by atoms with Gasteiger partial charge in [0.1, 0.15) is 6.54 Å². The molecule has 1 aliphatic rings. The lowest BCUT2D eigenvalue weighted by Crippen LogP contribution is -2.41. The quantitative estimate of drug-likeness (QED) is 0.919. The Bertz CT molecular complexity index is 768. The maximum Gasteiger partial charge on any atom is 0.244 e. The molecule has 0 aliphatic carbocycles. The number of rotatable bonds is 2. The summed E-state index contributed by atoms with van der Waals surface area (Å²) in [6, 6.07) is 15.6. The fourth-order valence-corrected chi connectivity index (χ4v) is 3.16. The summed E-state index contributed by atoms with van der Waals surface area (Å²) in [5.41, 5.74) is 3.84. The molecule has 0 saturated heterocycles. The molecule has 1 aliphatic heterocycles. The minimum absolute atomic E-state index is 0.0200. The van der Waals surface area contributed by atoms with E-state index in [-0.39, 0.29) is 30.3 Å². The minimum atomic E-state index is -0.269. The summed E-state index contributed by atoms with van der Waals surface area (Å²) >= 11 is 0. The molecule has 4 heteroatoms. The molecule has 2 amide bonds. The summed E-state index contributed by atoms with van der Waals surface area (Å²) in [6.07, 6.45) is 0. The van der Waals surface area contributed by atoms with Gasteiger partial charge in [0.05, 0.1) is 6.04 Å². The second-order valence-electron chi connectivity index (χ2n) is 6.57. The third kappa shape index (κ3) is 3.04. The SMILES string of the molecule is Cc1ccc2c(c1)[C@H](c1ccccc1)N(C(=O)C(C)C)CC(=O)N2. The van der Waals surface area contributed by atoms with Gasteiger partial charge in [0, 0.05) is 17.2 Å². The van der Waals surface area contributed by atoms with Gasteiger partial charge in [-0.05, 0) is 18.6 Å². The zero-order valence-electron chi connectivity index (χ0n) is 14.2. The van der Waals surface area contributed by atoms with Gasteiger partial charge in [-0.2, -0.15) is 0 Å². The predicted octanol–water partition coefficient (Wildman–Crippen LogP) is 3.52. The second-order valence-corrected chi connectivity index (χ2v) is 6.57. The number of carbonyl (C=O) groups excluding carboxylic acids is 2. The van der Waals surface area contributed by atoms with Crippen LogP contribution in [-0.2, 0) is 9.59 Å². The van der Waals surface area contributed by atoms with Crippen molar-refractivity contribution in [3.63, 3.8) is 0 Å². The minimum Gasteiger partial charge on any atom is -0.324 e. The van der Waals surface area contributed by atoms with Crippen LogP contribution in [0.5, 0.6) is 0 Å². The van der Waals surface area contributed by atoms with Crippen LogP contribution in [0, 0.1) is 12.8 Å². The first-order valence-corrected chi connectivity index (χ1v) is 8.23. The predicted molar refractivity (Wildman–Crippen MR) is 94.6 cm³/mol. The number of hydrogen-bond donors (Lipinski definition) is 1. The Morgan fingerprint density at radius 1 is 1.17 bits per heavy atom. The Morgan fingerprint density at radius 3 is 2.54 bits per heavy atom. The second kappa shape index (κ2) is 6.48. The third-order valence-corrected chi connectivity index (χ3v) is 4.29. The van der Waals surface area contributed by atoms with Crippen LogP contribution in [-0.4, -0.2) is 23.3 Å². The molecule has 1 N–H and O–H groups in total. The summed E-state index contributed by atoms with van der Waals surface area (Å²) in [6.45, 7) is 5.81. The van der Waals surface area contributed by atoms with Crippen LogP contribution in [0.2, 0.25) is 0 Å². The first-order chi connectivity index (χ1) is 11.5. The molecular formula is C20H22N2O2. The highest BCUT2D eigenvalue weighted by Crippen LogP contribution is 2.36. The first-order valence-electron chi connectivity index (χ1n) is 8.23. The third-order valence-electron chi connectivity index (χ3n) is 4.29. The molecule has 2 aromatic rings. The van der Waals surface area contributed by atoms with Crippen LogP contribution >= 0.6 is 0 Å². The number of benzene rings is 2. The van der Waals surface area contributed by atoms with Crippen LogP contribution in [0.3, 0.4) is 0 Å². The van der Waals surface area contributed by atoms with Crippen molar-refractivity contribution in [2.24, 2.45) is 5.92 Å². The van der Waals surface area contributed by atoms with Crippen molar-refractivity contribution < 1.29 is 9.59 Å². The van der Waals surface area contributed by atoms with Crippen LogP contribution in [0.4, 0.5) is 5.69 Å². The molecule has 124 valence electrons. The Balaban J connectivity index is 2.21. The Kier molecular flexibility index (Phi) is 4.38. The van der Waals surface area contributed by atoms with E-state index >= 15 is 0 Å². The van der Waals surface area contributed by atoms with Crippen LogP contribution in [0.1, 0.15) is 36.6 Å². The summed E-state index contributed by atoms with van der Waals surface area (Å²) in [4.78, 5) is 26.9. The first kappa shape index (κ1) is 16.2. The lowest BCUT2D eigenvalue weighted by atomic mass is 9.94. The van der Waals surface area contributed by atoms with Crippen molar-refractivity contribution in [3.8, 4) is 0 Å². The number of hydrogen-bond acceptors (Lipinski definition) is 2. The molecule has 0 aromatic heterocycles. The summed E-state index contributed by atoms with van der Waals surface area (Å²) in [7, 11) is 0. The Hall–Kier alpha value is -2.62. The van der Waals surface area contributed by atoms with E-state index in [0.29, 0.717) is 0 Å². The average molecular weight is 322 g/mol. The van der Waals surface area contributed by atoms with Crippen molar-refractivity contribution in [1.82, 2.24) is 4.90 Å². The zero-order chi connectivity index (χ0) is 17.3. The molecule has 0 saturated carbocycles. The number of nitrogens with zero attached hydrogens (tertiary/aromatic N) is 1. The van der Waals surface area contributed by atoms with Crippen LogP contribution in [0.15, 0.2) is 48.5 Å². The fourth-order valence-electron chi connectivity index (χ4n) is 3.16. The molecular weight excluding hydrogens is 300 g/mol. The van der Waals surface area contributed by atoms with E-state index in [1.807, 2.05) is 63.2 Å². The zero-order valence-corrected chi connectivity index (χ0v) is 14.2. The maximum absolute atomic E-state index is 12.8. The number of carbonyl (C=O) groups is 2. The van der Waals surface area contributed by atoms with Crippen molar-refractivity contribution in [1.29, 1.82) is 0 Å². The monoisotopic (exact) mass is 322 g/mol. The van der Waals surface area contributed by atoms with E-state index in [4.69, 9.17) is 0 Å². The van der Waals surface area contributed by atoms with Crippen molar-refractivity contribution >= 4 is 17.5 Å². The molecule has 4 nitrogen and oxygen atoms in total. The average Bonchev–Trinajstić information content (AvgIpc) is 2.70. The van der Waals surface area contributed by atoms with Crippen molar-refractivity contribution in [2.75, 3.05) is 11.9 Å². The Labute approximate surface area is 142 Å². The van der Waals surface area contributed by atoms with E-state index in [9.17, 15) is 9.59 Å². The number of amides is 2. The van der Waals surface area contributed by atoms with E-state index in [2.05, 4.69) is 11.4 Å². The van der Waals surface area contributed by atoms with Crippen molar-refractivity contribution in [2.45, 2.75) is 26.8 Å². The van der Waals surface area contributed by atoms with Gasteiger partial charge < -0.3 is 10.2 Å². The molecule has 0 radical (unpaired) electrons. The van der Waals surface area contributed by atoms with Gasteiger partial charge in [-0.25, -0.2) is 0 Å². The molecule has 0 fully saturated rings. The fraction of sp³-hybridized carbons (Fsp3) is 0.300. The lowest BCUT2D eigenvalue weighted by Gasteiger charge is -2.32. The maximum atomic E-state index is 12.8. The van der Waals surface area contributed by atoms with E-state index in [1.165, 1.54) is 0 Å².